The van der Waals surface area contributed by atoms with E-state index in [1.54, 1.807) is 36.6 Å². The van der Waals surface area contributed by atoms with E-state index < -0.39 is 17.8 Å². The van der Waals surface area contributed by atoms with Gasteiger partial charge in [0.15, 0.2) is 0 Å². The Kier molecular flexibility index (Phi) is 10.8. The summed E-state index contributed by atoms with van der Waals surface area (Å²) < 4.78 is 22.3. The lowest BCUT2D eigenvalue weighted by Crippen LogP contribution is -2.55. The van der Waals surface area contributed by atoms with E-state index in [4.69, 9.17) is 18.9 Å². The lowest BCUT2D eigenvalue weighted by Gasteiger charge is -2.38. The molecule has 0 aromatic heterocycles. The molecule has 3 amide bonds. The Bertz CT molecular complexity index is 926. The highest BCUT2D eigenvalue weighted by atomic mass is 16.6. The third-order valence-corrected chi connectivity index (χ3v) is 6.36. The molecule has 0 aliphatic carbocycles. The van der Waals surface area contributed by atoms with Gasteiger partial charge in [0.25, 0.3) is 0 Å². The van der Waals surface area contributed by atoms with Crippen LogP contribution in [0.2, 0.25) is 0 Å². The van der Waals surface area contributed by atoms with Crippen LogP contribution < -0.4 is 5.32 Å². The van der Waals surface area contributed by atoms with Crippen LogP contribution in [0.15, 0.2) is 43.0 Å². The van der Waals surface area contributed by atoms with Crippen LogP contribution in [-0.4, -0.2) is 85.2 Å². The highest BCUT2D eigenvalue weighted by molar-refractivity contribution is 5.70. The first-order valence-electron chi connectivity index (χ1n) is 13.2. The van der Waals surface area contributed by atoms with Crippen molar-refractivity contribution in [1.82, 2.24) is 15.1 Å². The summed E-state index contributed by atoms with van der Waals surface area (Å²) in [5, 5.41) is 2.88. The predicted octanol–water partition coefficient (Wildman–Crippen LogP) is 4.34. The number of hydrogen-bond acceptors (Lipinski definition) is 7. The van der Waals surface area contributed by atoms with Crippen LogP contribution in [0.4, 0.5) is 14.4 Å². The topological polar surface area (TPSA) is 107 Å². The number of amides is 3. The van der Waals surface area contributed by atoms with Crippen molar-refractivity contribution in [1.29, 1.82) is 0 Å². The fraction of sp³-hybridized carbons (Fsp3) is 0.607. The van der Waals surface area contributed by atoms with E-state index in [0.29, 0.717) is 39.2 Å². The van der Waals surface area contributed by atoms with Crippen LogP contribution in [0.1, 0.15) is 45.6 Å². The summed E-state index contributed by atoms with van der Waals surface area (Å²) in [6, 6.07) is 9.14. The Morgan fingerprint density at radius 2 is 1.71 bits per heavy atom. The van der Waals surface area contributed by atoms with Crippen LogP contribution >= 0.6 is 0 Å². The zero-order valence-electron chi connectivity index (χ0n) is 22.7. The summed E-state index contributed by atoms with van der Waals surface area (Å²) in [5.41, 5.74) is 0.268. The van der Waals surface area contributed by atoms with E-state index in [0.717, 1.165) is 18.4 Å². The summed E-state index contributed by atoms with van der Waals surface area (Å²) in [6.07, 6.45) is 2.13. The third-order valence-electron chi connectivity index (χ3n) is 6.36. The van der Waals surface area contributed by atoms with Gasteiger partial charge in [-0.15, -0.1) is 0 Å². The molecule has 2 saturated heterocycles. The molecule has 1 aromatic carbocycles. The van der Waals surface area contributed by atoms with Crippen LogP contribution in [0.25, 0.3) is 0 Å². The maximum Gasteiger partial charge on any atom is 0.410 e. The predicted molar refractivity (Wildman–Crippen MR) is 142 cm³/mol. The van der Waals surface area contributed by atoms with E-state index in [1.807, 2.05) is 30.3 Å². The Morgan fingerprint density at radius 1 is 1.03 bits per heavy atom. The Hall–Kier alpha value is -3.27. The molecule has 1 N–H and O–H groups in total. The summed E-state index contributed by atoms with van der Waals surface area (Å²) >= 11 is 0. The molecule has 3 rings (SSSR count). The van der Waals surface area contributed by atoms with Gasteiger partial charge in [0.05, 0.1) is 18.7 Å². The molecule has 0 radical (unpaired) electrons. The second-order valence-corrected chi connectivity index (χ2v) is 10.8. The van der Waals surface area contributed by atoms with Gasteiger partial charge in [-0.05, 0) is 51.5 Å². The monoisotopic (exact) mass is 531 g/mol. The molecule has 38 heavy (non-hydrogen) atoms. The van der Waals surface area contributed by atoms with E-state index >= 15 is 0 Å². The molecule has 2 aliphatic heterocycles. The van der Waals surface area contributed by atoms with Gasteiger partial charge in [-0.1, -0.05) is 43.0 Å². The minimum Gasteiger partial charge on any atom is -0.445 e. The Labute approximate surface area is 225 Å². The van der Waals surface area contributed by atoms with E-state index in [9.17, 15) is 14.4 Å². The van der Waals surface area contributed by atoms with E-state index in [2.05, 4.69) is 11.9 Å². The largest absolute Gasteiger partial charge is 0.445 e. The highest BCUT2D eigenvalue weighted by Crippen LogP contribution is 2.22. The highest BCUT2D eigenvalue weighted by Gasteiger charge is 2.34. The van der Waals surface area contributed by atoms with Crippen LogP contribution in [0.5, 0.6) is 0 Å². The molecular weight excluding hydrogens is 490 g/mol. The average Bonchev–Trinajstić information content (AvgIpc) is 2.88. The minimum atomic E-state index is -0.629. The third kappa shape index (κ3) is 9.89. The maximum absolute atomic E-state index is 12.9. The van der Waals surface area contributed by atoms with Crippen molar-refractivity contribution < 1.29 is 33.3 Å². The standard InChI is InChI=1S/C28H41N3O7/c1-5-15-35-26(33)30-13-11-22(12-14-30)19-36-24-16-23(29-25(32)38-28(2,3)4)17-31(18-24)27(34)37-20-21-9-7-6-8-10-21/h5-10,22-24H,1,11-20H2,2-4H3,(H,29,32)/t23-,24+/m0/s1. The lowest BCUT2D eigenvalue weighted by molar-refractivity contribution is -0.0339. The molecule has 2 fully saturated rings. The zero-order valence-corrected chi connectivity index (χ0v) is 22.7. The minimum absolute atomic E-state index is 0.166. The first kappa shape index (κ1) is 29.3. The molecule has 0 saturated carbocycles. The number of hydrogen-bond donors (Lipinski definition) is 1. The second-order valence-electron chi connectivity index (χ2n) is 10.8. The number of alkyl carbamates (subject to hydrolysis) is 1. The summed E-state index contributed by atoms with van der Waals surface area (Å²) in [4.78, 5) is 40.7. The summed E-state index contributed by atoms with van der Waals surface area (Å²) in [5.74, 6) is 0.288. The molecule has 0 unspecified atom stereocenters. The first-order valence-corrected chi connectivity index (χ1v) is 13.2. The molecule has 2 heterocycles. The van der Waals surface area contributed by atoms with Crippen LogP contribution in [0, 0.1) is 5.92 Å². The van der Waals surface area contributed by atoms with Gasteiger partial charge in [-0.25, -0.2) is 14.4 Å². The Morgan fingerprint density at radius 3 is 2.37 bits per heavy atom. The number of nitrogens with one attached hydrogen (secondary N) is 1. The van der Waals surface area contributed by atoms with Crippen molar-refractivity contribution >= 4 is 18.3 Å². The number of carbonyl (C=O) groups is 3. The number of nitrogens with zero attached hydrogens (tertiary/aromatic N) is 2. The van der Waals surface area contributed by atoms with Crippen LogP contribution in [-0.2, 0) is 25.6 Å². The van der Waals surface area contributed by atoms with Crippen molar-refractivity contribution in [2.75, 3.05) is 39.4 Å². The molecule has 10 heteroatoms. The molecule has 210 valence electrons. The summed E-state index contributed by atoms with van der Waals surface area (Å²) in [6.45, 7) is 11.7. The van der Waals surface area contributed by atoms with Gasteiger partial charge in [0.1, 0.15) is 18.8 Å². The molecule has 2 aliphatic rings. The van der Waals surface area contributed by atoms with Gasteiger partial charge in [0, 0.05) is 26.2 Å². The first-order chi connectivity index (χ1) is 18.1. The van der Waals surface area contributed by atoms with Gasteiger partial charge in [-0.3, -0.25) is 0 Å². The fourth-order valence-electron chi connectivity index (χ4n) is 4.49. The lowest BCUT2D eigenvalue weighted by atomic mass is 9.97. The number of rotatable bonds is 8. The molecule has 1 aromatic rings. The molecular formula is C28H41N3O7. The van der Waals surface area contributed by atoms with Crippen molar-refractivity contribution in [2.24, 2.45) is 5.92 Å². The summed E-state index contributed by atoms with van der Waals surface area (Å²) in [7, 11) is 0. The average molecular weight is 532 g/mol. The van der Waals surface area contributed by atoms with Gasteiger partial charge >= 0.3 is 18.3 Å². The molecule has 2 atom stereocenters. The van der Waals surface area contributed by atoms with Gasteiger partial charge in [0.2, 0.25) is 0 Å². The van der Waals surface area contributed by atoms with Gasteiger partial charge < -0.3 is 34.1 Å². The number of ether oxygens (including phenoxy) is 4. The number of piperidine rings is 2. The van der Waals surface area contributed by atoms with Gasteiger partial charge in [-0.2, -0.15) is 0 Å². The number of likely N-dealkylation sites (tertiary alicyclic amines) is 2. The van der Waals surface area contributed by atoms with Crippen LogP contribution in [0.3, 0.4) is 0 Å². The van der Waals surface area contributed by atoms with E-state index in [-0.39, 0.29) is 37.4 Å². The maximum atomic E-state index is 12.9. The second kappa shape index (κ2) is 14.0. The fourth-order valence-corrected chi connectivity index (χ4v) is 4.49. The quantitative estimate of drug-likeness (QED) is 0.393. The molecule has 0 spiro atoms. The number of benzene rings is 1. The van der Waals surface area contributed by atoms with Crippen molar-refractivity contribution in [3.63, 3.8) is 0 Å². The van der Waals surface area contributed by atoms with Crippen molar-refractivity contribution in [3.8, 4) is 0 Å². The number of carbonyl (C=O) groups excluding carboxylic acids is 3. The van der Waals surface area contributed by atoms with Crippen molar-refractivity contribution in [2.45, 2.75) is 64.4 Å². The normalized spacial score (nSPS) is 20.4. The van der Waals surface area contributed by atoms with Crippen molar-refractivity contribution in [3.05, 3.63) is 48.6 Å². The smallest absolute Gasteiger partial charge is 0.410 e. The zero-order chi connectivity index (χ0) is 27.5. The molecule has 10 nitrogen and oxygen atoms in total. The Balaban J connectivity index is 1.53. The SMILES string of the molecule is C=CCOC(=O)N1CCC(CO[C@@H]2C[C@H](NC(=O)OC(C)(C)C)CN(C(=O)OCc3ccccc3)C2)CC1. The van der Waals surface area contributed by atoms with E-state index in [1.165, 1.54) is 0 Å². The molecule has 0 bridgehead atoms.